The second kappa shape index (κ2) is 8.52. The zero-order valence-electron chi connectivity index (χ0n) is 13.5. The van der Waals surface area contributed by atoms with E-state index in [1.165, 1.54) is 24.0 Å². The van der Waals surface area contributed by atoms with Crippen molar-refractivity contribution in [2.45, 2.75) is 44.8 Å². The van der Waals surface area contributed by atoms with E-state index in [1.54, 1.807) is 7.05 Å². The molecule has 2 N–H and O–H groups in total. The molecule has 1 heterocycles. The van der Waals surface area contributed by atoms with Crippen LogP contribution in [0.1, 0.15) is 36.8 Å². The number of nitrogens with one attached hydrogen (secondary N) is 2. The van der Waals surface area contributed by atoms with E-state index in [2.05, 4.69) is 27.8 Å². The predicted molar refractivity (Wildman–Crippen MR) is 103 cm³/mol. The highest BCUT2D eigenvalue weighted by Crippen LogP contribution is 2.22. The molecule has 23 heavy (non-hydrogen) atoms. The van der Waals surface area contributed by atoms with Gasteiger partial charge in [0.2, 0.25) is 5.91 Å². The lowest BCUT2D eigenvalue weighted by molar-refractivity contribution is -0.131. The van der Waals surface area contributed by atoms with Gasteiger partial charge in [-0.1, -0.05) is 24.3 Å². The Morgan fingerprint density at radius 2 is 1.91 bits per heavy atom. The molecule has 0 atom stereocenters. The average Bonchev–Trinajstić information content (AvgIpc) is 3.24. The number of amides is 1. The van der Waals surface area contributed by atoms with Gasteiger partial charge < -0.3 is 15.5 Å². The van der Waals surface area contributed by atoms with E-state index < -0.39 is 0 Å². The van der Waals surface area contributed by atoms with Gasteiger partial charge in [-0.15, -0.1) is 24.0 Å². The summed E-state index contributed by atoms with van der Waals surface area (Å²) in [5, 5.41) is 6.61. The minimum Gasteiger partial charge on any atom is -0.356 e. The van der Waals surface area contributed by atoms with Gasteiger partial charge in [-0.25, -0.2) is 0 Å². The van der Waals surface area contributed by atoms with Crippen LogP contribution in [0.2, 0.25) is 0 Å². The van der Waals surface area contributed by atoms with Gasteiger partial charge in [0.1, 0.15) is 0 Å². The third-order valence-corrected chi connectivity index (χ3v) is 4.20. The maximum absolute atomic E-state index is 12.3. The minimum atomic E-state index is 0. The first-order chi connectivity index (χ1) is 10.8. The Hall–Kier alpha value is -1.31. The van der Waals surface area contributed by atoms with E-state index in [0.717, 1.165) is 32.0 Å². The van der Waals surface area contributed by atoms with E-state index in [1.807, 2.05) is 17.0 Å². The zero-order chi connectivity index (χ0) is 15.4. The number of aliphatic imine (C=N–C) groups is 1. The molecule has 0 radical (unpaired) electrons. The molecule has 1 fully saturated rings. The van der Waals surface area contributed by atoms with Gasteiger partial charge in [-0.05, 0) is 30.4 Å². The topological polar surface area (TPSA) is 56.7 Å². The van der Waals surface area contributed by atoms with Crippen LogP contribution in [-0.2, 0) is 17.9 Å². The Balaban J connectivity index is 0.00000192. The molecule has 1 amide bonds. The molecule has 126 valence electrons. The highest BCUT2D eigenvalue weighted by Gasteiger charge is 2.23. The summed E-state index contributed by atoms with van der Waals surface area (Å²) in [6.07, 6.45) is 3.88. The largest absolute Gasteiger partial charge is 0.356 e. The molecule has 6 heteroatoms. The van der Waals surface area contributed by atoms with Gasteiger partial charge in [0.05, 0.1) is 0 Å². The van der Waals surface area contributed by atoms with E-state index in [9.17, 15) is 4.79 Å². The van der Waals surface area contributed by atoms with Crippen molar-refractivity contribution in [2.24, 2.45) is 4.99 Å². The number of hydrogen-bond donors (Lipinski definition) is 2. The molecule has 1 aliphatic heterocycles. The molecule has 0 bridgehead atoms. The number of halogens is 1. The van der Waals surface area contributed by atoms with Crippen molar-refractivity contribution in [2.75, 3.05) is 13.6 Å². The first-order valence-electron chi connectivity index (χ1n) is 8.08. The maximum atomic E-state index is 12.3. The van der Waals surface area contributed by atoms with Gasteiger partial charge in [0, 0.05) is 39.1 Å². The van der Waals surface area contributed by atoms with Crippen LogP contribution >= 0.6 is 24.0 Å². The Morgan fingerprint density at radius 3 is 2.48 bits per heavy atom. The number of carbonyl (C=O) groups is 1. The number of nitrogens with zero attached hydrogens (tertiary/aromatic N) is 2. The monoisotopic (exact) mass is 428 g/mol. The van der Waals surface area contributed by atoms with Crippen LogP contribution in [0, 0.1) is 0 Å². The summed E-state index contributed by atoms with van der Waals surface area (Å²) < 4.78 is 0. The average molecular weight is 428 g/mol. The lowest BCUT2D eigenvalue weighted by atomic mass is 10.1. The quantitative estimate of drug-likeness (QED) is 0.328. The summed E-state index contributed by atoms with van der Waals surface area (Å²) in [4.78, 5) is 18.4. The van der Waals surface area contributed by atoms with Crippen molar-refractivity contribution in [1.29, 1.82) is 0 Å². The van der Waals surface area contributed by atoms with Gasteiger partial charge >= 0.3 is 0 Å². The molecule has 0 aromatic heterocycles. The Kier molecular flexibility index (Phi) is 6.68. The fourth-order valence-electron chi connectivity index (χ4n) is 2.73. The van der Waals surface area contributed by atoms with Crippen LogP contribution in [0.5, 0.6) is 0 Å². The second-order valence-electron chi connectivity index (χ2n) is 6.04. The number of benzene rings is 1. The van der Waals surface area contributed by atoms with E-state index in [0.29, 0.717) is 12.5 Å². The van der Waals surface area contributed by atoms with Crippen molar-refractivity contribution in [3.8, 4) is 0 Å². The van der Waals surface area contributed by atoms with Crippen LogP contribution in [0.4, 0.5) is 0 Å². The lowest BCUT2D eigenvalue weighted by Gasteiger charge is -2.16. The van der Waals surface area contributed by atoms with Crippen LogP contribution in [0.25, 0.3) is 0 Å². The molecule has 1 saturated carbocycles. The fraction of sp³-hybridized carbons (Fsp3) is 0.529. The van der Waals surface area contributed by atoms with Gasteiger partial charge in [0.15, 0.2) is 5.96 Å². The molecule has 0 spiro atoms. The van der Waals surface area contributed by atoms with E-state index in [-0.39, 0.29) is 29.9 Å². The molecular weight excluding hydrogens is 403 g/mol. The summed E-state index contributed by atoms with van der Waals surface area (Å²) >= 11 is 0. The Morgan fingerprint density at radius 1 is 1.26 bits per heavy atom. The van der Waals surface area contributed by atoms with Crippen molar-refractivity contribution in [3.05, 3.63) is 35.4 Å². The van der Waals surface area contributed by atoms with Gasteiger partial charge in [-0.3, -0.25) is 9.79 Å². The molecule has 1 aromatic carbocycles. The summed E-state index contributed by atoms with van der Waals surface area (Å²) in [7, 11) is 1.78. The van der Waals surface area contributed by atoms with Crippen LogP contribution in [0.3, 0.4) is 0 Å². The van der Waals surface area contributed by atoms with Crippen LogP contribution in [-0.4, -0.2) is 36.4 Å². The normalized spacial score (nSPS) is 16.6. The van der Waals surface area contributed by atoms with E-state index >= 15 is 0 Å². The number of rotatable bonds is 5. The van der Waals surface area contributed by atoms with E-state index in [4.69, 9.17) is 0 Å². The summed E-state index contributed by atoms with van der Waals surface area (Å²) in [6.45, 7) is 2.29. The number of fused-ring (bicyclic) bond motifs is 1. The first-order valence-corrected chi connectivity index (χ1v) is 8.08. The van der Waals surface area contributed by atoms with Crippen molar-refractivity contribution < 1.29 is 4.79 Å². The third-order valence-electron chi connectivity index (χ3n) is 4.20. The highest BCUT2D eigenvalue weighted by atomic mass is 127. The number of guanidine groups is 1. The summed E-state index contributed by atoms with van der Waals surface area (Å²) in [6, 6.07) is 8.88. The van der Waals surface area contributed by atoms with Crippen LogP contribution in [0.15, 0.2) is 29.3 Å². The third kappa shape index (κ3) is 5.09. The molecule has 5 nitrogen and oxygen atoms in total. The van der Waals surface area contributed by atoms with Crippen LogP contribution < -0.4 is 10.6 Å². The van der Waals surface area contributed by atoms with Gasteiger partial charge in [0.25, 0.3) is 0 Å². The SMILES string of the molecule is CN=C(NCCCC(=O)N1Cc2ccccc2C1)NC1CC1.I. The summed E-state index contributed by atoms with van der Waals surface area (Å²) in [5.74, 6) is 1.09. The molecule has 2 aliphatic rings. The smallest absolute Gasteiger partial charge is 0.223 e. The predicted octanol–water partition coefficient (Wildman–Crippen LogP) is 2.25. The molecular formula is C17H25IN4O. The minimum absolute atomic E-state index is 0. The number of hydrogen-bond acceptors (Lipinski definition) is 2. The van der Waals surface area contributed by atoms with Crippen molar-refractivity contribution in [1.82, 2.24) is 15.5 Å². The van der Waals surface area contributed by atoms with Gasteiger partial charge in [-0.2, -0.15) is 0 Å². The van der Waals surface area contributed by atoms with Crippen molar-refractivity contribution >= 4 is 35.8 Å². The lowest BCUT2D eigenvalue weighted by Crippen LogP contribution is -2.39. The molecule has 0 unspecified atom stereocenters. The zero-order valence-corrected chi connectivity index (χ0v) is 15.9. The molecule has 0 saturated heterocycles. The highest BCUT2D eigenvalue weighted by molar-refractivity contribution is 14.0. The first kappa shape index (κ1) is 18.0. The summed E-state index contributed by atoms with van der Waals surface area (Å²) in [5.41, 5.74) is 2.56. The fourth-order valence-corrected chi connectivity index (χ4v) is 2.73. The number of carbonyl (C=O) groups excluding carboxylic acids is 1. The Bertz CT molecular complexity index is 546. The second-order valence-corrected chi connectivity index (χ2v) is 6.04. The maximum Gasteiger partial charge on any atom is 0.223 e. The molecule has 1 aromatic rings. The molecule has 1 aliphatic carbocycles. The van der Waals surface area contributed by atoms with Crippen molar-refractivity contribution in [3.63, 3.8) is 0 Å². The molecule has 3 rings (SSSR count). The standard InChI is InChI=1S/C17H24N4O.HI/c1-18-17(20-15-8-9-15)19-10-4-7-16(22)21-11-13-5-2-3-6-14(13)12-21;/h2-3,5-6,15H,4,7-12H2,1H3,(H2,18,19,20);1H. The Labute approximate surface area is 154 Å².